The van der Waals surface area contributed by atoms with E-state index >= 15 is 0 Å². The smallest absolute Gasteiger partial charge is 0.119 e. The van der Waals surface area contributed by atoms with Crippen LogP contribution < -0.4 is 10.1 Å². The molecule has 0 aliphatic carbocycles. The lowest BCUT2D eigenvalue weighted by atomic mass is 10.2. The fourth-order valence-corrected chi connectivity index (χ4v) is 1.76. The molecular formula is C16H20N2O. The van der Waals surface area contributed by atoms with E-state index in [1.807, 2.05) is 30.5 Å². The maximum absolute atomic E-state index is 5.71. The molecule has 2 aromatic rings. The number of rotatable bonds is 7. The number of nitrogens with zero attached hydrogens (tertiary/aromatic N) is 1. The molecule has 0 saturated heterocycles. The molecule has 0 radical (unpaired) electrons. The van der Waals surface area contributed by atoms with Crippen molar-refractivity contribution in [1.82, 2.24) is 10.3 Å². The summed E-state index contributed by atoms with van der Waals surface area (Å²) in [4.78, 5) is 4.06. The summed E-state index contributed by atoms with van der Waals surface area (Å²) < 4.78 is 5.71. The first-order valence-electron chi connectivity index (χ1n) is 6.70. The van der Waals surface area contributed by atoms with Crippen LogP contribution in [0.1, 0.15) is 24.5 Å². The second-order valence-corrected chi connectivity index (χ2v) is 4.47. The zero-order valence-electron chi connectivity index (χ0n) is 11.3. The number of hydrogen-bond acceptors (Lipinski definition) is 3. The Hall–Kier alpha value is -1.87. The third kappa shape index (κ3) is 4.72. The maximum Gasteiger partial charge on any atom is 0.119 e. The van der Waals surface area contributed by atoms with E-state index in [0.717, 1.165) is 30.8 Å². The van der Waals surface area contributed by atoms with Crippen LogP contribution in [0.25, 0.3) is 0 Å². The average Bonchev–Trinajstić information content (AvgIpc) is 2.48. The SMILES string of the molecule is CCCNCc1ccc(OCc2cccnc2)cc1. The minimum Gasteiger partial charge on any atom is -0.489 e. The number of aromatic nitrogens is 1. The van der Waals surface area contributed by atoms with Gasteiger partial charge in [0.1, 0.15) is 12.4 Å². The topological polar surface area (TPSA) is 34.1 Å². The van der Waals surface area contributed by atoms with E-state index in [0.29, 0.717) is 6.61 Å². The highest BCUT2D eigenvalue weighted by molar-refractivity contribution is 5.27. The Labute approximate surface area is 114 Å². The molecule has 19 heavy (non-hydrogen) atoms. The summed E-state index contributed by atoms with van der Waals surface area (Å²) in [6.45, 7) is 4.69. The van der Waals surface area contributed by atoms with E-state index in [-0.39, 0.29) is 0 Å². The third-order valence-corrected chi connectivity index (χ3v) is 2.81. The van der Waals surface area contributed by atoms with Gasteiger partial charge in [0.25, 0.3) is 0 Å². The summed E-state index contributed by atoms with van der Waals surface area (Å²) >= 11 is 0. The highest BCUT2D eigenvalue weighted by Gasteiger charge is 1.97. The van der Waals surface area contributed by atoms with Gasteiger partial charge in [-0.25, -0.2) is 0 Å². The molecule has 0 aliphatic rings. The zero-order valence-corrected chi connectivity index (χ0v) is 11.3. The Balaban J connectivity index is 1.81. The first kappa shape index (κ1) is 13.6. The molecule has 1 N–H and O–H groups in total. The molecule has 2 rings (SSSR count). The molecule has 1 aromatic carbocycles. The van der Waals surface area contributed by atoms with Crippen LogP contribution in [0.3, 0.4) is 0 Å². The van der Waals surface area contributed by atoms with Crippen LogP contribution in [-0.2, 0) is 13.2 Å². The lowest BCUT2D eigenvalue weighted by molar-refractivity contribution is 0.305. The Bertz CT molecular complexity index is 468. The molecule has 0 bridgehead atoms. The van der Waals surface area contributed by atoms with Gasteiger partial charge in [-0.2, -0.15) is 0 Å². The average molecular weight is 256 g/mol. The van der Waals surface area contributed by atoms with E-state index in [1.165, 1.54) is 5.56 Å². The maximum atomic E-state index is 5.71. The molecule has 0 fully saturated rings. The van der Waals surface area contributed by atoms with Crippen LogP contribution in [0.4, 0.5) is 0 Å². The molecule has 0 spiro atoms. The van der Waals surface area contributed by atoms with Gasteiger partial charge in [0.05, 0.1) is 0 Å². The first-order valence-corrected chi connectivity index (χ1v) is 6.70. The summed E-state index contributed by atoms with van der Waals surface area (Å²) in [6, 6.07) is 12.2. The predicted octanol–water partition coefficient (Wildman–Crippen LogP) is 3.16. The highest BCUT2D eigenvalue weighted by atomic mass is 16.5. The lowest BCUT2D eigenvalue weighted by Gasteiger charge is -2.07. The van der Waals surface area contributed by atoms with Crippen molar-refractivity contribution in [2.45, 2.75) is 26.5 Å². The van der Waals surface area contributed by atoms with Gasteiger partial charge < -0.3 is 10.1 Å². The molecule has 0 atom stereocenters. The monoisotopic (exact) mass is 256 g/mol. The van der Waals surface area contributed by atoms with Crippen LogP contribution in [-0.4, -0.2) is 11.5 Å². The second-order valence-electron chi connectivity index (χ2n) is 4.47. The fourth-order valence-electron chi connectivity index (χ4n) is 1.76. The van der Waals surface area contributed by atoms with Gasteiger partial charge in [-0.1, -0.05) is 25.1 Å². The molecule has 3 nitrogen and oxygen atoms in total. The van der Waals surface area contributed by atoms with Crippen LogP contribution >= 0.6 is 0 Å². The Morgan fingerprint density at radius 1 is 1.11 bits per heavy atom. The van der Waals surface area contributed by atoms with E-state index in [9.17, 15) is 0 Å². The largest absolute Gasteiger partial charge is 0.489 e. The quantitative estimate of drug-likeness (QED) is 0.773. The Morgan fingerprint density at radius 3 is 2.63 bits per heavy atom. The van der Waals surface area contributed by atoms with Crippen LogP contribution in [0.2, 0.25) is 0 Å². The molecule has 100 valence electrons. The first-order chi connectivity index (χ1) is 9.38. The summed E-state index contributed by atoms with van der Waals surface area (Å²) in [5, 5.41) is 3.38. The Kier molecular flexibility index (Phi) is 5.38. The summed E-state index contributed by atoms with van der Waals surface area (Å²) in [6.07, 6.45) is 4.75. The van der Waals surface area contributed by atoms with E-state index in [1.54, 1.807) is 6.20 Å². The fraction of sp³-hybridized carbons (Fsp3) is 0.312. The minimum atomic E-state index is 0.557. The molecular weight excluding hydrogens is 236 g/mol. The van der Waals surface area contributed by atoms with Gasteiger partial charge >= 0.3 is 0 Å². The van der Waals surface area contributed by atoms with Crippen molar-refractivity contribution in [1.29, 1.82) is 0 Å². The van der Waals surface area contributed by atoms with Crippen molar-refractivity contribution >= 4 is 0 Å². The number of benzene rings is 1. The molecule has 1 heterocycles. The molecule has 3 heteroatoms. The van der Waals surface area contributed by atoms with Gasteiger partial charge in [-0.15, -0.1) is 0 Å². The van der Waals surface area contributed by atoms with E-state index in [4.69, 9.17) is 4.74 Å². The Morgan fingerprint density at radius 2 is 1.95 bits per heavy atom. The van der Waals surface area contributed by atoms with Crippen molar-refractivity contribution in [3.8, 4) is 5.75 Å². The molecule has 0 saturated carbocycles. The van der Waals surface area contributed by atoms with Crippen molar-refractivity contribution < 1.29 is 4.74 Å². The predicted molar refractivity (Wildman–Crippen MR) is 77.0 cm³/mol. The molecule has 0 amide bonds. The van der Waals surface area contributed by atoms with Crippen molar-refractivity contribution in [2.24, 2.45) is 0 Å². The van der Waals surface area contributed by atoms with Crippen molar-refractivity contribution in [3.63, 3.8) is 0 Å². The zero-order chi connectivity index (χ0) is 13.3. The molecule has 0 aliphatic heterocycles. The third-order valence-electron chi connectivity index (χ3n) is 2.81. The minimum absolute atomic E-state index is 0.557. The van der Waals surface area contributed by atoms with Gasteiger partial charge in [0.15, 0.2) is 0 Å². The van der Waals surface area contributed by atoms with Crippen molar-refractivity contribution in [3.05, 3.63) is 59.9 Å². The van der Waals surface area contributed by atoms with Crippen LogP contribution in [0, 0.1) is 0 Å². The number of ether oxygens (including phenoxy) is 1. The number of pyridine rings is 1. The van der Waals surface area contributed by atoms with Crippen LogP contribution in [0.15, 0.2) is 48.8 Å². The summed E-state index contributed by atoms with van der Waals surface area (Å²) in [5.74, 6) is 0.892. The number of hydrogen-bond donors (Lipinski definition) is 1. The molecule has 1 aromatic heterocycles. The second kappa shape index (κ2) is 7.54. The lowest BCUT2D eigenvalue weighted by Crippen LogP contribution is -2.13. The van der Waals surface area contributed by atoms with Gasteiger partial charge in [-0.05, 0) is 36.7 Å². The van der Waals surface area contributed by atoms with Crippen LogP contribution in [0.5, 0.6) is 5.75 Å². The summed E-state index contributed by atoms with van der Waals surface area (Å²) in [5.41, 5.74) is 2.36. The number of nitrogens with one attached hydrogen (secondary N) is 1. The highest BCUT2D eigenvalue weighted by Crippen LogP contribution is 2.13. The normalized spacial score (nSPS) is 10.4. The van der Waals surface area contributed by atoms with Gasteiger partial charge in [-0.3, -0.25) is 4.98 Å². The molecule has 0 unspecified atom stereocenters. The van der Waals surface area contributed by atoms with E-state index in [2.05, 4.69) is 29.4 Å². The van der Waals surface area contributed by atoms with Gasteiger partial charge in [0, 0.05) is 24.5 Å². The van der Waals surface area contributed by atoms with E-state index < -0.39 is 0 Å². The summed E-state index contributed by atoms with van der Waals surface area (Å²) in [7, 11) is 0. The van der Waals surface area contributed by atoms with Crippen molar-refractivity contribution in [2.75, 3.05) is 6.54 Å². The van der Waals surface area contributed by atoms with Gasteiger partial charge in [0.2, 0.25) is 0 Å². The standard InChI is InChI=1S/C16H20N2O/c1-2-9-17-11-14-5-7-16(8-6-14)19-13-15-4-3-10-18-12-15/h3-8,10,12,17H,2,9,11,13H2,1H3.